The van der Waals surface area contributed by atoms with Gasteiger partial charge in [0.15, 0.2) is 11.6 Å². The van der Waals surface area contributed by atoms with Gasteiger partial charge in [-0.25, -0.2) is 9.67 Å². The maximum absolute atomic E-state index is 11.1. The summed E-state index contributed by atoms with van der Waals surface area (Å²) in [4.78, 5) is 18.9. The average molecular weight is 303 g/mol. The molecule has 3 aromatic rings. The molecule has 0 atom stereocenters. The van der Waals surface area contributed by atoms with Crippen LogP contribution in [-0.4, -0.2) is 25.7 Å². The summed E-state index contributed by atoms with van der Waals surface area (Å²) in [7, 11) is 0. The van der Waals surface area contributed by atoms with Crippen LogP contribution in [0.4, 0.5) is 0 Å². The molecular weight excluding hydrogens is 286 g/mol. The molecule has 3 aromatic heterocycles. The Labute approximate surface area is 126 Å². The fraction of sp³-hybridized carbons (Fsp3) is 0.357. The van der Waals surface area contributed by atoms with Crippen LogP contribution in [0.2, 0.25) is 0 Å². The van der Waals surface area contributed by atoms with Crippen molar-refractivity contribution in [2.75, 3.05) is 0 Å². The minimum absolute atomic E-state index is 0.0468. The van der Waals surface area contributed by atoms with Crippen molar-refractivity contribution < 1.29 is 4.79 Å². The van der Waals surface area contributed by atoms with Gasteiger partial charge in [0.25, 0.3) is 0 Å². The smallest absolute Gasteiger partial charge is 0.225 e. The SMILES string of the molecule is CC(C)(C)n1nc(CC(N)=O)nc1-c1cc2sccc2[nH]1. The first-order chi connectivity index (χ1) is 9.84. The predicted molar refractivity (Wildman–Crippen MR) is 83.1 cm³/mol. The number of amides is 1. The van der Waals surface area contributed by atoms with Crippen LogP contribution in [0.25, 0.3) is 21.7 Å². The van der Waals surface area contributed by atoms with Gasteiger partial charge in [0.2, 0.25) is 5.91 Å². The summed E-state index contributed by atoms with van der Waals surface area (Å²) in [6.07, 6.45) is 0.0468. The second-order valence-electron chi connectivity index (χ2n) is 5.96. The lowest BCUT2D eigenvalue weighted by Gasteiger charge is -2.20. The molecule has 0 bridgehead atoms. The van der Waals surface area contributed by atoms with Crippen molar-refractivity contribution in [3.63, 3.8) is 0 Å². The standard InChI is InChI=1S/C14H17N5OS/c1-14(2,3)19-13(17-12(18-19)7-11(15)20)9-6-10-8(16-9)4-5-21-10/h4-6,16H,7H2,1-3H3,(H2,15,20). The number of nitrogens with two attached hydrogens (primary N) is 1. The van der Waals surface area contributed by atoms with Gasteiger partial charge in [0.05, 0.1) is 27.9 Å². The molecule has 0 unspecified atom stereocenters. The topological polar surface area (TPSA) is 89.6 Å². The molecule has 0 fully saturated rings. The van der Waals surface area contributed by atoms with Gasteiger partial charge in [-0.15, -0.1) is 11.3 Å². The van der Waals surface area contributed by atoms with Gasteiger partial charge in [0.1, 0.15) is 0 Å². The number of nitrogens with zero attached hydrogens (tertiary/aromatic N) is 3. The molecule has 0 saturated heterocycles. The molecule has 0 spiro atoms. The van der Waals surface area contributed by atoms with Crippen LogP contribution in [0.1, 0.15) is 26.6 Å². The second-order valence-corrected chi connectivity index (χ2v) is 6.91. The third-order valence-electron chi connectivity index (χ3n) is 3.10. The number of carbonyl (C=O) groups excluding carboxylic acids is 1. The van der Waals surface area contributed by atoms with Crippen LogP contribution >= 0.6 is 11.3 Å². The van der Waals surface area contributed by atoms with E-state index < -0.39 is 5.91 Å². The van der Waals surface area contributed by atoms with Crippen molar-refractivity contribution in [1.82, 2.24) is 19.7 Å². The van der Waals surface area contributed by atoms with Gasteiger partial charge in [-0.3, -0.25) is 4.79 Å². The molecule has 6 nitrogen and oxygen atoms in total. The van der Waals surface area contributed by atoms with Gasteiger partial charge in [-0.05, 0) is 38.3 Å². The van der Waals surface area contributed by atoms with E-state index in [0.717, 1.165) is 17.0 Å². The van der Waals surface area contributed by atoms with Gasteiger partial charge in [-0.1, -0.05) is 0 Å². The zero-order chi connectivity index (χ0) is 15.2. The minimum Gasteiger partial charge on any atom is -0.369 e. The number of primary amides is 1. The Morgan fingerprint density at radius 2 is 2.24 bits per heavy atom. The van der Waals surface area contributed by atoms with Crippen LogP contribution in [0.15, 0.2) is 17.5 Å². The van der Waals surface area contributed by atoms with E-state index in [1.54, 1.807) is 11.3 Å². The molecule has 1 amide bonds. The fourth-order valence-corrected chi connectivity index (χ4v) is 2.98. The predicted octanol–water partition coefficient (Wildman–Crippen LogP) is 2.27. The van der Waals surface area contributed by atoms with E-state index in [0.29, 0.717) is 5.82 Å². The Balaban J connectivity index is 2.13. The number of thiophene rings is 1. The van der Waals surface area contributed by atoms with Crippen molar-refractivity contribution in [2.24, 2.45) is 5.73 Å². The number of aromatic amines is 1. The number of nitrogens with one attached hydrogen (secondary N) is 1. The van der Waals surface area contributed by atoms with Crippen LogP contribution in [0.3, 0.4) is 0 Å². The van der Waals surface area contributed by atoms with Crippen molar-refractivity contribution in [3.05, 3.63) is 23.3 Å². The minimum atomic E-state index is -0.430. The van der Waals surface area contributed by atoms with E-state index in [-0.39, 0.29) is 12.0 Å². The molecule has 0 aromatic carbocycles. The largest absolute Gasteiger partial charge is 0.369 e. The summed E-state index contributed by atoms with van der Waals surface area (Å²) in [6.45, 7) is 6.14. The normalized spacial score (nSPS) is 12.1. The highest BCUT2D eigenvalue weighted by molar-refractivity contribution is 7.17. The van der Waals surface area contributed by atoms with Gasteiger partial charge < -0.3 is 10.7 Å². The average Bonchev–Trinajstić information content (AvgIpc) is 2.97. The summed E-state index contributed by atoms with van der Waals surface area (Å²) >= 11 is 1.67. The van der Waals surface area contributed by atoms with E-state index in [1.165, 1.54) is 4.70 Å². The molecule has 3 N–H and O–H groups in total. The summed E-state index contributed by atoms with van der Waals surface area (Å²) in [5.41, 5.74) is 6.98. The van der Waals surface area contributed by atoms with Crippen LogP contribution in [0, 0.1) is 0 Å². The third-order valence-corrected chi connectivity index (χ3v) is 3.96. The Bertz CT molecular complexity index is 776. The first-order valence-corrected chi connectivity index (χ1v) is 7.54. The lowest BCUT2D eigenvalue weighted by Crippen LogP contribution is -2.24. The van der Waals surface area contributed by atoms with Gasteiger partial charge >= 0.3 is 0 Å². The number of hydrogen-bond acceptors (Lipinski definition) is 4. The van der Waals surface area contributed by atoms with E-state index >= 15 is 0 Å². The van der Waals surface area contributed by atoms with E-state index in [9.17, 15) is 4.79 Å². The van der Waals surface area contributed by atoms with Crippen LogP contribution in [-0.2, 0) is 16.8 Å². The summed E-state index contributed by atoms with van der Waals surface area (Å²) in [5.74, 6) is 0.743. The Morgan fingerprint density at radius 3 is 2.86 bits per heavy atom. The highest BCUT2D eigenvalue weighted by Crippen LogP contribution is 2.29. The lowest BCUT2D eigenvalue weighted by molar-refractivity contribution is -0.117. The molecule has 0 aliphatic rings. The highest BCUT2D eigenvalue weighted by Gasteiger charge is 2.23. The van der Waals surface area contributed by atoms with E-state index in [1.807, 2.05) is 36.9 Å². The molecule has 3 heterocycles. The first kappa shape index (κ1) is 13.8. The van der Waals surface area contributed by atoms with Crippen molar-refractivity contribution >= 4 is 27.5 Å². The number of hydrogen-bond donors (Lipinski definition) is 2. The molecule has 110 valence electrons. The molecule has 7 heteroatoms. The number of rotatable bonds is 3. The van der Waals surface area contributed by atoms with Gasteiger partial charge in [0, 0.05) is 0 Å². The van der Waals surface area contributed by atoms with Crippen molar-refractivity contribution in [2.45, 2.75) is 32.7 Å². The number of H-pyrrole nitrogens is 1. The fourth-order valence-electron chi connectivity index (χ4n) is 2.20. The molecule has 3 rings (SSSR count). The number of carbonyl (C=O) groups is 1. The lowest BCUT2D eigenvalue weighted by atomic mass is 10.1. The summed E-state index contributed by atoms with van der Waals surface area (Å²) in [5, 5.41) is 6.48. The summed E-state index contributed by atoms with van der Waals surface area (Å²) < 4.78 is 3.01. The zero-order valence-electron chi connectivity index (χ0n) is 12.2. The third kappa shape index (κ3) is 2.56. The molecule has 0 aliphatic heterocycles. The molecule has 21 heavy (non-hydrogen) atoms. The number of fused-ring (bicyclic) bond motifs is 1. The monoisotopic (exact) mass is 303 g/mol. The molecule has 0 aliphatic carbocycles. The Kier molecular flexibility index (Phi) is 3.09. The molecule has 0 radical (unpaired) electrons. The van der Waals surface area contributed by atoms with Gasteiger partial charge in [-0.2, -0.15) is 5.10 Å². The maximum atomic E-state index is 11.1. The quantitative estimate of drug-likeness (QED) is 0.777. The van der Waals surface area contributed by atoms with Crippen LogP contribution in [0.5, 0.6) is 0 Å². The van der Waals surface area contributed by atoms with Crippen molar-refractivity contribution in [3.8, 4) is 11.5 Å². The Hall–Kier alpha value is -2.15. The zero-order valence-corrected chi connectivity index (χ0v) is 13.0. The summed E-state index contributed by atoms with van der Waals surface area (Å²) in [6, 6.07) is 4.09. The second kappa shape index (κ2) is 4.70. The van der Waals surface area contributed by atoms with E-state index in [2.05, 4.69) is 21.1 Å². The first-order valence-electron chi connectivity index (χ1n) is 6.66. The highest BCUT2D eigenvalue weighted by atomic mass is 32.1. The van der Waals surface area contributed by atoms with Crippen molar-refractivity contribution in [1.29, 1.82) is 0 Å². The van der Waals surface area contributed by atoms with E-state index in [4.69, 9.17) is 5.73 Å². The molecule has 0 saturated carbocycles. The number of aromatic nitrogens is 4. The maximum Gasteiger partial charge on any atom is 0.225 e. The molecular formula is C14H17N5OS. The van der Waals surface area contributed by atoms with Crippen LogP contribution < -0.4 is 5.73 Å². The Morgan fingerprint density at radius 1 is 1.48 bits per heavy atom.